The molecule has 1 aliphatic rings. The molecule has 178 valence electrons. The maximum Gasteiger partial charge on any atom is 0.338 e. The summed E-state index contributed by atoms with van der Waals surface area (Å²) in [5, 5.41) is 9.65. The first kappa shape index (κ1) is 23.6. The number of nitrogens with zero attached hydrogens (tertiary/aromatic N) is 2. The fraction of sp³-hybridized carbons (Fsp3) is 0.292. The number of aliphatic hydroxyl groups excluding tert-OH is 1. The van der Waals surface area contributed by atoms with Gasteiger partial charge in [0.15, 0.2) is 18.5 Å². The lowest BCUT2D eigenvalue weighted by Crippen LogP contribution is -2.43. The molecule has 2 heterocycles. The molecule has 0 spiro atoms. The molecule has 4 rings (SSSR count). The molecular weight excluding hydrogens is 447 g/mol. The Hall–Kier alpha value is -3.60. The number of alkyl halides is 1. The second-order valence-corrected chi connectivity index (χ2v) is 7.66. The molecule has 0 amide bonds. The number of carbonyl (C=O) groups excluding carboxylic acids is 1. The smallest absolute Gasteiger partial charge is 0.338 e. The Morgan fingerprint density at radius 3 is 2.38 bits per heavy atom. The summed E-state index contributed by atoms with van der Waals surface area (Å²) in [6.45, 7) is -0.831. The lowest BCUT2D eigenvalue weighted by atomic mass is 10.1. The lowest BCUT2D eigenvalue weighted by molar-refractivity contribution is -0.0545. The summed E-state index contributed by atoms with van der Waals surface area (Å²) in [6.07, 6.45) is -5.04. The van der Waals surface area contributed by atoms with Crippen LogP contribution in [0.15, 0.2) is 82.5 Å². The number of ether oxygens (including phenoxy) is 3. The molecule has 0 bridgehead atoms. The Labute approximate surface area is 193 Å². The molecule has 1 aliphatic heterocycles. The van der Waals surface area contributed by atoms with Crippen LogP contribution in [0, 0.1) is 0 Å². The molecule has 0 saturated carbocycles. The molecule has 9 nitrogen and oxygen atoms in total. The molecular formula is C24H23FN2O7. The van der Waals surface area contributed by atoms with E-state index >= 15 is 4.39 Å². The van der Waals surface area contributed by atoms with E-state index in [-0.39, 0.29) is 18.9 Å². The topological polar surface area (TPSA) is 109 Å². The van der Waals surface area contributed by atoms with Gasteiger partial charge in [-0.25, -0.2) is 18.5 Å². The van der Waals surface area contributed by atoms with Crippen LogP contribution in [0.5, 0.6) is 0 Å². The first-order valence-corrected chi connectivity index (χ1v) is 10.6. The molecule has 1 saturated heterocycles. The highest BCUT2D eigenvalue weighted by molar-refractivity contribution is 5.89. The lowest BCUT2D eigenvalue weighted by Gasteiger charge is -2.19. The van der Waals surface area contributed by atoms with Gasteiger partial charge in [0.1, 0.15) is 12.8 Å². The van der Waals surface area contributed by atoms with Crippen molar-refractivity contribution < 1.29 is 28.5 Å². The number of rotatable bonds is 8. The summed E-state index contributed by atoms with van der Waals surface area (Å²) >= 11 is 0. The normalized spacial score (nSPS) is 21.9. The van der Waals surface area contributed by atoms with Gasteiger partial charge < -0.3 is 19.3 Å². The highest BCUT2D eigenvalue weighted by Crippen LogP contribution is 2.33. The maximum absolute atomic E-state index is 15.3. The summed E-state index contributed by atoms with van der Waals surface area (Å²) < 4.78 is 33.3. The maximum atomic E-state index is 15.3. The van der Waals surface area contributed by atoms with Crippen LogP contribution in [0.2, 0.25) is 0 Å². The average Bonchev–Trinajstić information content (AvgIpc) is 3.17. The van der Waals surface area contributed by atoms with Crippen molar-refractivity contribution in [3.63, 3.8) is 0 Å². The Morgan fingerprint density at radius 1 is 1.03 bits per heavy atom. The third kappa shape index (κ3) is 4.98. The van der Waals surface area contributed by atoms with Crippen molar-refractivity contribution >= 4 is 5.97 Å². The fourth-order valence-electron chi connectivity index (χ4n) is 3.64. The minimum atomic E-state index is -1.97. The Morgan fingerprint density at radius 2 is 1.71 bits per heavy atom. The van der Waals surface area contributed by atoms with Crippen molar-refractivity contribution in [2.75, 3.05) is 6.61 Å². The highest BCUT2D eigenvalue weighted by atomic mass is 19.1. The Kier molecular flexibility index (Phi) is 7.31. The van der Waals surface area contributed by atoms with Gasteiger partial charge in [-0.05, 0) is 17.7 Å². The van der Waals surface area contributed by atoms with Gasteiger partial charge in [-0.1, -0.05) is 48.5 Å². The second-order valence-electron chi connectivity index (χ2n) is 7.66. The highest BCUT2D eigenvalue weighted by Gasteiger charge is 2.49. The molecule has 1 aromatic heterocycles. The van der Waals surface area contributed by atoms with E-state index in [1.54, 1.807) is 18.2 Å². The van der Waals surface area contributed by atoms with Crippen molar-refractivity contribution in [1.82, 2.24) is 9.13 Å². The van der Waals surface area contributed by atoms with Crippen molar-refractivity contribution in [2.45, 2.75) is 37.9 Å². The van der Waals surface area contributed by atoms with Gasteiger partial charge in [0, 0.05) is 12.3 Å². The number of benzene rings is 2. The van der Waals surface area contributed by atoms with Crippen LogP contribution in [-0.2, 0) is 27.5 Å². The zero-order chi connectivity index (χ0) is 24.1. The van der Waals surface area contributed by atoms with Gasteiger partial charge in [-0.2, -0.15) is 0 Å². The van der Waals surface area contributed by atoms with Gasteiger partial charge >= 0.3 is 11.7 Å². The number of esters is 1. The fourth-order valence-corrected chi connectivity index (χ4v) is 3.64. The van der Waals surface area contributed by atoms with Crippen molar-refractivity contribution in [3.8, 4) is 0 Å². The number of aliphatic hydroxyl groups is 1. The zero-order valence-corrected chi connectivity index (χ0v) is 18.0. The molecule has 2 aromatic carbocycles. The molecule has 1 N–H and O–H groups in total. The summed E-state index contributed by atoms with van der Waals surface area (Å²) in [5.41, 5.74) is -0.437. The first-order chi connectivity index (χ1) is 16.5. The van der Waals surface area contributed by atoms with E-state index < -0.39 is 48.4 Å². The standard InChI is InChI=1S/C24H23FN2O7/c25-20-21(34-23(30)17-9-5-2-6-10-17)18(13-28)33-22(20)26-12-11-19(29)27(24(26)31)15-32-14-16-7-3-1-4-8-16/h1-12,18,20-22,28H,13-15H2/t18-,20+,21?,22-/m1/s1. The van der Waals surface area contributed by atoms with Gasteiger partial charge in [-0.3, -0.25) is 9.36 Å². The van der Waals surface area contributed by atoms with Gasteiger partial charge in [0.25, 0.3) is 5.56 Å². The molecule has 0 radical (unpaired) electrons. The molecule has 34 heavy (non-hydrogen) atoms. The number of carbonyl (C=O) groups is 1. The van der Waals surface area contributed by atoms with Crippen molar-refractivity contribution in [2.24, 2.45) is 0 Å². The van der Waals surface area contributed by atoms with Crippen molar-refractivity contribution in [3.05, 3.63) is 105 Å². The van der Waals surface area contributed by atoms with Crippen LogP contribution in [0.3, 0.4) is 0 Å². The number of aromatic nitrogens is 2. The molecule has 0 aliphatic carbocycles. The zero-order valence-electron chi connectivity index (χ0n) is 18.0. The molecule has 1 unspecified atom stereocenters. The molecule has 10 heteroatoms. The largest absolute Gasteiger partial charge is 0.453 e. The summed E-state index contributed by atoms with van der Waals surface area (Å²) in [7, 11) is 0. The monoisotopic (exact) mass is 470 g/mol. The van der Waals surface area contributed by atoms with E-state index in [1.807, 2.05) is 30.3 Å². The van der Waals surface area contributed by atoms with Gasteiger partial charge in [-0.15, -0.1) is 0 Å². The van der Waals surface area contributed by atoms with Gasteiger partial charge in [0.05, 0.1) is 18.8 Å². The number of halogens is 1. The van der Waals surface area contributed by atoms with E-state index in [0.29, 0.717) is 0 Å². The van der Waals surface area contributed by atoms with Crippen molar-refractivity contribution in [1.29, 1.82) is 0 Å². The summed E-state index contributed by atoms with van der Waals surface area (Å²) in [4.78, 5) is 37.6. The van der Waals surface area contributed by atoms with Gasteiger partial charge in [0.2, 0.25) is 0 Å². The number of hydrogen-bond donors (Lipinski definition) is 1. The van der Waals surface area contributed by atoms with Crippen LogP contribution in [0.4, 0.5) is 4.39 Å². The second kappa shape index (κ2) is 10.6. The van der Waals surface area contributed by atoms with Crippen LogP contribution >= 0.6 is 0 Å². The van der Waals surface area contributed by atoms with E-state index in [9.17, 15) is 19.5 Å². The SMILES string of the molecule is O=C(OC1[C@@H](CO)O[C@@H](n2ccc(=O)n(COCc3ccccc3)c2=O)[C@H]1F)c1ccccc1. The van der Waals surface area contributed by atoms with Crippen LogP contribution < -0.4 is 11.2 Å². The van der Waals surface area contributed by atoms with E-state index in [0.717, 1.165) is 27.0 Å². The third-order valence-electron chi connectivity index (χ3n) is 5.40. The summed E-state index contributed by atoms with van der Waals surface area (Å²) in [5.74, 6) is -0.789. The molecule has 1 fully saturated rings. The number of hydrogen-bond acceptors (Lipinski definition) is 7. The van der Waals surface area contributed by atoms with Crippen LogP contribution in [0.1, 0.15) is 22.1 Å². The Balaban J connectivity index is 1.51. The molecule has 4 atom stereocenters. The predicted octanol–water partition coefficient (Wildman–Crippen LogP) is 1.64. The molecule has 3 aromatic rings. The minimum Gasteiger partial charge on any atom is -0.453 e. The van der Waals surface area contributed by atoms with Crippen LogP contribution in [-0.4, -0.2) is 45.2 Å². The quantitative estimate of drug-likeness (QED) is 0.499. The Bertz CT molecular complexity index is 1230. The summed E-state index contributed by atoms with van der Waals surface area (Å²) in [6, 6.07) is 18.2. The predicted molar refractivity (Wildman–Crippen MR) is 118 cm³/mol. The van der Waals surface area contributed by atoms with E-state index in [4.69, 9.17) is 14.2 Å². The van der Waals surface area contributed by atoms with E-state index in [2.05, 4.69) is 0 Å². The van der Waals surface area contributed by atoms with Crippen LogP contribution in [0.25, 0.3) is 0 Å². The first-order valence-electron chi connectivity index (χ1n) is 10.6. The minimum absolute atomic E-state index is 0.164. The average molecular weight is 470 g/mol. The van der Waals surface area contributed by atoms with E-state index in [1.165, 1.54) is 12.1 Å². The third-order valence-corrected chi connectivity index (χ3v) is 5.40.